The molecule has 0 aromatic heterocycles. The van der Waals surface area contributed by atoms with E-state index < -0.39 is 26.6 Å². The van der Waals surface area contributed by atoms with Gasteiger partial charge in [0.2, 0.25) is 5.91 Å². The van der Waals surface area contributed by atoms with Crippen LogP contribution < -0.4 is 5.32 Å². The van der Waals surface area contributed by atoms with Crippen LogP contribution in [0.2, 0.25) is 0 Å². The second-order valence-electron chi connectivity index (χ2n) is 7.53. The lowest BCUT2D eigenvalue weighted by Crippen LogP contribution is -2.47. The van der Waals surface area contributed by atoms with Gasteiger partial charge < -0.3 is 5.32 Å². The Morgan fingerprint density at radius 3 is 1.92 bits per heavy atom. The summed E-state index contributed by atoms with van der Waals surface area (Å²) in [6.45, 7) is 5.89. The average Bonchev–Trinajstić information content (AvgIpc) is 2.54. The summed E-state index contributed by atoms with van der Waals surface area (Å²) in [6.07, 6.45) is 4.15. The molecule has 1 N–H and O–H groups in total. The van der Waals surface area contributed by atoms with Gasteiger partial charge in [0.05, 0.1) is 15.3 Å². The van der Waals surface area contributed by atoms with E-state index in [1.165, 1.54) is 6.07 Å². The van der Waals surface area contributed by atoms with Gasteiger partial charge in [-0.1, -0.05) is 40.0 Å². The topological polar surface area (TPSA) is 115 Å². The first-order chi connectivity index (χ1) is 11.6. The summed E-state index contributed by atoms with van der Waals surface area (Å²) in [4.78, 5) is 34.2. The highest BCUT2D eigenvalue weighted by Crippen LogP contribution is 2.51. The number of rotatable bonds is 4. The summed E-state index contributed by atoms with van der Waals surface area (Å²) in [5.74, 6) is -0.378. The minimum absolute atomic E-state index is 0.336. The molecule has 1 amide bonds. The van der Waals surface area contributed by atoms with Crippen molar-refractivity contribution in [2.45, 2.75) is 52.9 Å². The maximum absolute atomic E-state index is 13.1. The number of nitrogens with one attached hydrogen (secondary N) is 1. The van der Waals surface area contributed by atoms with Gasteiger partial charge in [-0.25, -0.2) is 0 Å². The van der Waals surface area contributed by atoms with E-state index in [-0.39, 0.29) is 17.0 Å². The number of benzene rings is 1. The minimum Gasteiger partial charge on any atom is -0.314 e. The molecule has 0 radical (unpaired) electrons. The lowest BCUT2D eigenvalue weighted by Gasteiger charge is -2.46. The molecule has 0 unspecified atom stereocenters. The maximum Gasteiger partial charge on any atom is 0.299 e. The average molecular weight is 349 g/mol. The van der Waals surface area contributed by atoms with Gasteiger partial charge in [-0.3, -0.25) is 25.0 Å². The fourth-order valence-corrected chi connectivity index (χ4v) is 3.67. The highest BCUT2D eigenvalue weighted by atomic mass is 16.6. The van der Waals surface area contributed by atoms with Crippen LogP contribution in [0.4, 0.5) is 17.1 Å². The van der Waals surface area contributed by atoms with Crippen molar-refractivity contribution in [3.8, 4) is 0 Å². The molecule has 0 atom stereocenters. The van der Waals surface area contributed by atoms with E-state index in [4.69, 9.17) is 0 Å². The first kappa shape index (κ1) is 18.8. The Labute approximate surface area is 145 Å². The molecule has 136 valence electrons. The first-order valence-corrected chi connectivity index (χ1v) is 8.33. The molecule has 8 heteroatoms. The van der Waals surface area contributed by atoms with Gasteiger partial charge in [0.15, 0.2) is 5.69 Å². The van der Waals surface area contributed by atoms with Crippen LogP contribution in [0, 0.1) is 31.1 Å². The molecule has 8 nitrogen and oxygen atoms in total. The zero-order valence-corrected chi connectivity index (χ0v) is 14.7. The number of hydrogen-bond acceptors (Lipinski definition) is 5. The van der Waals surface area contributed by atoms with Gasteiger partial charge in [0.25, 0.3) is 11.4 Å². The number of nitro benzene ring substituents is 2. The van der Waals surface area contributed by atoms with E-state index >= 15 is 0 Å². The van der Waals surface area contributed by atoms with Crippen LogP contribution in [-0.2, 0) is 4.79 Å². The third kappa shape index (κ3) is 3.47. The van der Waals surface area contributed by atoms with Gasteiger partial charge in [0.1, 0.15) is 0 Å². The Hall–Kier alpha value is -2.51. The monoisotopic (exact) mass is 349 g/mol. The highest BCUT2D eigenvalue weighted by molar-refractivity contribution is 6.00. The predicted octanol–water partition coefficient (Wildman–Crippen LogP) is 4.44. The number of para-hydroxylation sites is 1. The van der Waals surface area contributed by atoms with Crippen molar-refractivity contribution < 1.29 is 14.6 Å². The van der Waals surface area contributed by atoms with E-state index in [0.29, 0.717) is 12.8 Å². The molecular formula is C17H23N3O5. The molecule has 0 bridgehead atoms. The van der Waals surface area contributed by atoms with Crippen LogP contribution in [0.3, 0.4) is 0 Å². The fraction of sp³-hybridized carbons (Fsp3) is 0.588. The molecule has 1 saturated carbocycles. The van der Waals surface area contributed by atoms with E-state index in [9.17, 15) is 25.0 Å². The summed E-state index contributed by atoms with van der Waals surface area (Å²) in [5, 5.41) is 25.1. The van der Waals surface area contributed by atoms with E-state index in [1.807, 2.05) is 20.8 Å². The molecule has 1 aromatic carbocycles. The number of anilines is 1. The molecule has 0 saturated heterocycles. The Balaban J connectivity index is 2.49. The van der Waals surface area contributed by atoms with Crippen LogP contribution in [0.1, 0.15) is 52.9 Å². The number of hydrogen-bond donors (Lipinski definition) is 1. The largest absolute Gasteiger partial charge is 0.314 e. The second-order valence-corrected chi connectivity index (χ2v) is 7.53. The first-order valence-electron chi connectivity index (χ1n) is 8.33. The molecule has 1 fully saturated rings. The van der Waals surface area contributed by atoms with Crippen molar-refractivity contribution >= 4 is 23.0 Å². The minimum atomic E-state index is -0.715. The third-order valence-corrected chi connectivity index (χ3v) is 5.23. The normalized spacial score (nSPS) is 16.9. The van der Waals surface area contributed by atoms with Crippen molar-refractivity contribution in [2.75, 3.05) is 5.32 Å². The zero-order valence-electron chi connectivity index (χ0n) is 14.7. The summed E-state index contributed by atoms with van der Waals surface area (Å²) in [7, 11) is 0. The molecule has 0 heterocycles. The molecule has 1 aromatic rings. The van der Waals surface area contributed by atoms with Crippen molar-refractivity contribution in [1.82, 2.24) is 0 Å². The molecule has 1 aliphatic rings. The number of nitrogens with zero attached hydrogens (tertiary/aromatic N) is 2. The molecule has 25 heavy (non-hydrogen) atoms. The van der Waals surface area contributed by atoms with Crippen LogP contribution in [-0.4, -0.2) is 15.8 Å². The predicted molar refractivity (Wildman–Crippen MR) is 93.4 cm³/mol. The van der Waals surface area contributed by atoms with Crippen molar-refractivity contribution in [3.63, 3.8) is 0 Å². The van der Waals surface area contributed by atoms with E-state index in [1.54, 1.807) is 0 Å². The third-order valence-electron chi connectivity index (χ3n) is 5.23. The maximum atomic E-state index is 13.1. The highest BCUT2D eigenvalue weighted by Gasteiger charge is 2.49. The van der Waals surface area contributed by atoms with Crippen LogP contribution in [0.25, 0.3) is 0 Å². The number of carbonyl (C=O) groups is 1. The SMILES string of the molecule is CC(C)(C)C1(C(=O)Nc2c([N+](=O)[O-])cccc2[N+](=O)[O-])CCCCC1. The Morgan fingerprint density at radius 2 is 1.52 bits per heavy atom. The Bertz CT molecular complexity index is 670. The lowest BCUT2D eigenvalue weighted by atomic mass is 9.59. The molecular weight excluding hydrogens is 326 g/mol. The van der Waals surface area contributed by atoms with E-state index in [0.717, 1.165) is 31.4 Å². The zero-order chi connectivity index (χ0) is 18.8. The molecule has 1 aliphatic carbocycles. The molecule has 2 rings (SSSR count). The van der Waals surface area contributed by atoms with Crippen molar-refractivity contribution in [2.24, 2.45) is 10.8 Å². The lowest BCUT2D eigenvalue weighted by molar-refractivity contribution is -0.392. The number of nitro groups is 2. The van der Waals surface area contributed by atoms with Gasteiger partial charge >= 0.3 is 0 Å². The number of amides is 1. The van der Waals surface area contributed by atoms with E-state index in [2.05, 4.69) is 5.32 Å². The van der Waals surface area contributed by atoms with Crippen LogP contribution >= 0.6 is 0 Å². The Morgan fingerprint density at radius 1 is 1.04 bits per heavy atom. The summed E-state index contributed by atoms with van der Waals surface area (Å²) < 4.78 is 0. The molecule has 0 spiro atoms. The Kier molecular flexibility index (Phi) is 5.10. The van der Waals surface area contributed by atoms with Crippen molar-refractivity contribution in [1.29, 1.82) is 0 Å². The second kappa shape index (κ2) is 6.78. The van der Waals surface area contributed by atoms with Gasteiger partial charge in [-0.05, 0) is 24.3 Å². The fourth-order valence-electron chi connectivity index (χ4n) is 3.67. The van der Waals surface area contributed by atoms with Gasteiger partial charge in [-0.15, -0.1) is 0 Å². The van der Waals surface area contributed by atoms with Gasteiger partial charge in [-0.2, -0.15) is 0 Å². The number of carbonyl (C=O) groups excluding carboxylic acids is 1. The summed E-state index contributed by atoms with van der Waals surface area (Å²) >= 11 is 0. The summed E-state index contributed by atoms with van der Waals surface area (Å²) in [5.41, 5.74) is -2.35. The van der Waals surface area contributed by atoms with Crippen LogP contribution in [0.15, 0.2) is 18.2 Å². The van der Waals surface area contributed by atoms with Crippen LogP contribution in [0.5, 0.6) is 0 Å². The quantitative estimate of drug-likeness (QED) is 0.637. The standard InChI is InChI=1S/C17H23N3O5/c1-16(2,3)17(10-5-4-6-11-17)15(21)18-14-12(19(22)23)8-7-9-13(14)20(24)25/h7-9H,4-6,10-11H2,1-3H3,(H,18,21). The smallest absolute Gasteiger partial charge is 0.299 e. The summed E-state index contributed by atoms with van der Waals surface area (Å²) in [6, 6.07) is 3.56. The van der Waals surface area contributed by atoms with Gasteiger partial charge in [0, 0.05) is 12.1 Å². The van der Waals surface area contributed by atoms with Crippen molar-refractivity contribution in [3.05, 3.63) is 38.4 Å². The molecule has 0 aliphatic heterocycles.